The topological polar surface area (TPSA) is 155 Å². The van der Waals surface area contributed by atoms with Crippen LogP contribution in [0.4, 0.5) is 0 Å². The number of aliphatic hydroxyl groups excluding tert-OH is 1. The highest BCUT2D eigenvalue weighted by Gasteiger charge is 2.28. The van der Waals surface area contributed by atoms with E-state index in [0.717, 1.165) is 83.5 Å². The van der Waals surface area contributed by atoms with Crippen molar-refractivity contribution in [3.63, 3.8) is 0 Å². The number of carbonyl (C=O) groups is 3. The molecule has 0 saturated carbocycles. The first-order valence-corrected chi connectivity index (χ1v) is 30.7. The number of hydrogen-bond acceptors (Lipinski definition) is 10. The quantitative estimate of drug-likeness (QED) is 0.0197. The standard InChI is InChI=1S/C58H109O11P/c1-4-7-10-13-16-19-21-23-25-26-27-28-30-31-33-36-38-41-44-47-56(60)65-51-55(69-58(62)49-46-43-40-37-34-32-29-24-22-20-17-14-11-8-5-2)53-67-70(63,64)66-52-54(50-59)68-57(61)48-45-42-39-35-18-15-12-9-6-3/h17,20,24,29,54-55,59H,4-16,18-19,21-23,25-28,30-53H2,1-3H3,(H,63,64)/b20-17-,29-24-. The minimum absolute atomic E-state index is 0.157. The van der Waals surface area contributed by atoms with E-state index in [1.165, 1.54) is 148 Å². The molecule has 0 heterocycles. The smallest absolute Gasteiger partial charge is 0.462 e. The first kappa shape index (κ1) is 68.0. The van der Waals surface area contributed by atoms with Crippen LogP contribution in [0.5, 0.6) is 0 Å². The molecule has 0 spiro atoms. The predicted octanol–water partition coefficient (Wildman–Crippen LogP) is 17.0. The summed E-state index contributed by atoms with van der Waals surface area (Å²) in [6, 6.07) is 0. The maximum Gasteiger partial charge on any atom is 0.472 e. The van der Waals surface area contributed by atoms with Gasteiger partial charge in [-0.3, -0.25) is 23.4 Å². The van der Waals surface area contributed by atoms with Gasteiger partial charge in [0.05, 0.1) is 19.8 Å². The van der Waals surface area contributed by atoms with E-state index in [0.29, 0.717) is 19.3 Å². The lowest BCUT2D eigenvalue weighted by atomic mass is 10.0. The molecule has 70 heavy (non-hydrogen) atoms. The Kier molecular flexibility index (Phi) is 51.7. The minimum atomic E-state index is -4.74. The predicted molar refractivity (Wildman–Crippen MR) is 289 cm³/mol. The van der Waals surface area contributed by atoms with Crippen LogP contribution in [-0.2, 0) is 42.2 Å². The third kappa shape index (κ3) is 50.9. The van der Waals surface area contributed by atoms with Crippen LogP contribution in [-0.4, -0.2) is 66.5 Å². The molecule has 3 atom stereocenters. The van der Waals surface area contributed by atoms with Crippen molar-refractivity contribution in [2.75, 3.05) is 26.4 Å². The second-order valence-corrected chi connectivity index (χ2v) is 21.3. The highest BCUT2D eigenvalue weighted by Crippen LogP contribution is 2.43. The first-order valence-electron chi connectivity index (χ1n) is 29.2. The van der Waals surface area contributed by atoms with Gasteiger partial charge in [-0.05, 0) is 51.4 Å². The van der Waals surface area contributed by atoms with Crippen molar-refractivity contribution in [1.29, 1.82) is 0 Å². The Bertz CT molecular complexity index is 1270. The van der Waals surface area contributed by atoms with Crippen molar-refractivity contribution < 1.29 is 52.2 Å². The number of carbonyl (C=O) groups excluding carboxylic acids is 3. The van der Waals surface area contributed by atoms with E-state index in [-0.39, 0.29) is 25.9 Å². The molecule has 0 aliphatic heterocycles. The third-order valence-electron chi connectivity index (χ3n) is 12.9. The van der Waals surface area contributed by atoms with Crippen molar-refractivity contribution in [3.05, 3.63) is 24.3 Å². The van der Waals surface area contributed by atoms with E-state index >= 15 is 0 Å². The van der Waals surface area contributed by atoms with Crippen LogP contribution in [0.2, 0.25) is 0 Å². The molecule has 0 aromatic carbocycles. The molecule has 0 radical (unpaired) electrons. The molecular formula is C58H109O11P. The monoisotopic (exact) mass is 1010 g/mol. The Balaban J connectivity index is 4.66. The lowest BCUT2D eigenvalue weighted by Gasteiger charge is -2.21. The Morgan fingerprint density at radius 2 is 0.700 bits per heavy atom. The van der Waals surface area contributed by atoms with E-state index in [4.69, 9.17) is 23.3 Å². The highest BCUT2D eigenvalue weighted by molar-refractivity contribution is 7.47. The third-order valence-corrected chi connectivity index (χ3v) is 13.8. The maximum absolute atomic E-state index is 12.9. The lowest BCUT2D eigenvalue weighted by molar-refractivity contribution is -0.161. The molecule has 3 unspecified atom stereocenters. The molecule has 0 aromatic heterocycles. The number of unbranched alkanes of at least 4 members (excludes halogenated alkanes) is 34. The summed E-state index contributed by atoms with van der Waals surface area (Å²) in [6.45, 7) is 4.62. The summed E-state index contributed by atoms with van der Waals surface area (Å²) in [5.41, 5.74) is 0. The summed E-state index contributed by atoms with van der Waals surface area (Å²) in [6.07, 6.45) is 52.9. The van der Waals surface area contributed by atoms with Gasteiger partial charge in [-0.1, -0.05) is 244 Å². The summed E-state index contributed by atoms with van der Waals surface area (Å²) >= 11 is 0. The minimum Gasteiger partial charge on any atom is -0.462 e. The fourth-order valence-electron chi connectivity index (χ4n) is 8.39. The number of esters is 3. The van der Waals surface area contributed by atoms with Gasteiger partial charge in [0, 0.05) is 19.3 Å². The van der Waals surface area contributed by atoms with E-state index < -0.39 is 57.8 Å². The van der Waals surface area contributed by atoms with Crippen molar-refractivity contribution in [1.82, 2.24) is 0 Å². The number of aliphatic hydroxyl groups is 1. The summed E-state index contributed by atoms with van der Waals surface area (Å²) in [5, 5.41) is 9.77. The average Bonchev–Trinajstić information content (AvgIpc) is 3.35. The molecule has 2 N–H and O–H groups in total. The number of hydrogen-bond donors (Lipinski definition) is 2. The molecular weight excluding hydrogens is 904 g/mol. The Morgan fingerprint density at radius 1 is 0.400 bits per heavy atom. The van der Waals surface area contributed by atoms with Crippen LogP contribution in [0.15, 0.2) is 24.3 Å². The molecule has 11 nitrogen and oxygen atoms in total. The average molecular weight is 1010 g/mol. The van der Waals surface area contributed by atoms with Crippen LogP contribution in [0.1, 0.15) is 290 Å². The summed E-state index contributed by atoms with van der Waals surface area (Å²) < 4.78 is 39.4. The van der Waals surface area contributed by atoms with Gasteiger partial charge in [-0.25, -0.2) is 4.57 Å². The van der Waals surface area contributed by atoms with Crippen molar-refractivity contribution in [2.24, 2.45) is 0 Å². The second kappa shape index (κ2) is 53.3. The molecule has 0 aliphatic carbocycles. The van der Waals surface area contributed by atoms with Gasteiger partial charge in [0.1, 0.15) is 12.7 Å². The zero-order valence-electron chi connectivity index (χ0n) is 45.5. The van der Waals surface area contributed by atoms with Crippen molar-refractivity contribution >= 4 is 25.7 Å². The van der Waals surface area contributed by atoms with E-state index in [1.54, 1.807) is 0 Å². The molecule has 0 amide bonds. The Morgan fingerprint density at radius 3 is 1.09 bits per heavy atom. The number of rotatable bonds is 55. The maximum atomic E-state index is 12.9. The molecule has 0 rings (SSSR count). The fourth-order valence-corrected chi connectivity index (χ4v) is 9.17. The van der Waals surface area contributed by atoms with Crippen LogP contribution in [0, 0.1) is 0 Å². The summed E-state index contributed by atoms with van der Waals surface area (Å²) in [4.78, 5) is 48.4. The van der Waals surface area contributed by atoms with E-state index in [9.17, 15) is 28.9 Å². The van der Waals surface area contributed by atoms with Crippen LogP contribution < -0.4 is 0 Å². The van der Waals surface area contributed by atoms with Gasteiger partial charge >= 0.3 is 25.7 Å². The van der Waals surface area contributed by atoms with Crippen molar-refractivity contribution in [2.45, 2.75) is 303 Å². The van der Waals surface area contributed by atoms with Crippen LogP contribution >= 0.6 is 7.82 Å². The molecule has 0 aliphatic rings. The SMILES string of the molecule is CCCCC/C=C\C/C=C\CCCCCCCC(=O)OC(COC(=O)CCCCCCCCCCCCCCCCCCCCC)COP(=O)(O)OCC(CO)OC(=O)CCCCCCCCCCC. The van der Waals surface area contributed by atoms with Gasteiger partial charge in [0.2, 0.25) is 0 Å². The van der Waals surface area contributed by atoms with Crippen molar-refractivity contribution in [3.8, 4) is 0 Å². The van der Waals surface area contributed by atoms with Gasteiger partial charge < -0.3 is 24.2 Å². The number of ether oxygens (including phenoxy) is 3. The molecule has 0 saturated heterocycles. The molecule has 0 aromatic rings. The van der Waals surface area contributed by atoms with Crippen LogP contribution in [0.3, 0.4) is 0 Å². The summed E-state index contributed by atoms with van der Waals surface area (Å²) in [5.74, 6) is -1.46. The van der Waals surface area contributed by atoms with Gasteiger partial charge in [0.15, 0.2) is 6.10 Å². The molecule has 412 valence electrons. The number of phosphoric acid groups is 1. The van der Waals surface area contributed by atoms with Crippen LogP contribution in [0.25, 0.3) is 0 Å². The highest BCUT2D eigenvalue weighted by atomic mass is 31.2. The molecule has 0 bridgehead atoms. The normalized spacial score (nSPS) is 13.5. The zero-order valence-corrected chi connectivity index (χ0v) is 46.4. The molecule has 0 fully saturated rings. The first-order chi connectivity index (χ1) is 34.2. The van der Waals surface area contributed by atoms with E-state index in [2.05, 4.69) is 45.1 Å². The lowest BCUT2D eigenvalue weighted by Crippen LogP contribution is -2.30. The number of allylic oxidation sites excluding steroid dienone is 4. The van der Waals surface area contributed by atoms with Gasteiger partial charge in [0.25, 0.3) is 0 Å². The second-order valence-electron chi connectivity index (χ2n) is 19.8. The largest absolute Gasteiger partial charge is 0.472 e. The Labute approximate surface area is 429 Å². The van der Waals surface area contributed by atoms with Gasteiger partial charge in [-0.15, -0.1) is 0 Å². The van der Waals surface area contributed by atoms with E-state index in [1.807, 2.05) is 0 Å². The fraction of sp³-hybridized carbons (Fsp3) is 0.879. The zero-order chi connectivity index (χ0) is 51.3. The molecule has 12 heteroatoms. The van der Waals surface area contributed by atoms with Gasteiger partial charge in [-0.2, -0.15) is 0 Å². The summed E-state index contributed by atoms with van der Waals surface area (Å²) in [7, 11) is -4.74. The Hall–Kier alpha value is -2.04. The number of phosphoric ester groups is 1.